The van der Waals surface area contributed by atoms with Crippen molar-refractivity contribution >= 4 is 18.2 Å². The van der Waals surface area contributed by atoms with E-state index in [1.165, 1.54) is 6.21 Å². The summed E-state index contributed by atoms with van der Waals surface area (Å²) in [7, 11) is 0. The number of nitrogens with zero attached hydrogens (tertiary/aromatic N) is 2. The number of hydrazone groups is 1. The van der Waals surface area contributed by atoms with Crippen LogP contribution in [-0.4, -0.2) is 28.7 Å². The van der Waals surface area contributed by atoms with Crippen molar-refractivity contribution in [3.63, 3.8) is 0 Å². The average molecular weight is 337 g/mol. The van der Waals surface area contributed by atoms with Crippen molar-refractivity contribution < 1.29 is 14.3 Å². The van der Waals surface area contributed by atoms with Gasteiger partial charge in [0.05, 0.1) is 6.21 Å². The van der Waals surface area contributed by atoms with Gasteiger partial charge in [0.2, 0.25) is 0 Å². The van der Waals surface area contributed by atoms with Gasteiger partial charge in [0.1, 0.15) is 17.0 Å². The minimum atomic E-state index is -0.896. The normalized spacial score (nSPS) is 20.2. The van der Waals surface area contributed by atoms with E-state index >= 15 is 0 Å². The van der Waals surface area contributed by atoms with Crippen molar-refractivity contribution in [2.45, 2.75) is 25.8 Å². The van der Waals surface area contributed by atoms with Crippen LogP contribution in [0.5, 0.6) is 11.5 Å². The van der Waals surface area contributed by atoms with Gasteiger partial charge in [0, 0.05) is 0 Å². The summed E-state index contributed by atoms with van der Waals surface area (Å²) in [5.41, 5.74) is -0.175. The van der Waals surface area contributed by atoms with Gasteiger partial charge in [-0.15, -0.1) is 5.01 Å². The Morgan fingerprint density at radius 3 is 2.52 bits per heavy atom. The van der Waals surface area contributed by atoms with E-state index in [1.54, 1.807) is 13.0 Å². The molecule has 1 heterocycles. The second-order valence-electron chi connectivity index (χ2n) is 5.96. The monoisotopic (exact) mass is 337 g/mol. The Bertz CT molecular complexity index is 820. The molecular weight excluding hydrogens is 318 g/mol. The highest BCUT2D eigenvalue weighted by Crippen LogP contribution is 2.23. The smallest absolute Gasteiger partial charge is 0.346 e. The van der Waals surface area contributed by atoms with Crippen LogP contribution in [0.2, 0.25) is 0 Å². The molecule has 1 fully saturated rings. The van der Waals surface area contributed by atoms with Crippen LogP contribution in [0.15, 0.2) is 59.7 Å². The molecule has 1 saturated heterocycles. The lowest BCUT2D eigenvalue weighted by molar-refractivity contribution is -0.130. The zero-order valence-electron chi connectivity index (χ0n) is 14.1. The molecule has 128 valence electrons. The van der Waals surface area contributed by atoms with Crippen LogP contribution >= 0.6 is 0 Å². The summed E-state index contributed by atoms with van der Waals surface area (Å²) in [5.74, 6) is 1.02. The summed E-state index contributed by atoms with van der Waals surface area (Å²) in [6, 6.07) is 16.2. The lowest BCUT2D eigenvalue weighted by Gasteiger charge is -2.17. The van der Waals surface area contributed by atoms with Gasteiger partial charge in [0.25, 0.3) is 5.91 Å². The zero-order valence-corrected chi connectivity index (χ0v) is 14.1. The number of imide groups is 1. The minimum Gasteiger partial charge on any atom is -0.457 e. The van der Waals surface area contributed by atoms with Crippen molar-refractivity contribution in [3.05, 3.63) is 60.2 Å². The van der Waals surface area contributed by atoms with E-state index in [1.807, 2.05) is 55.5 Å². The molecule has 2 aromatic rings. The quantitative estimate of drug-likeness (QED) is 0.670. The molecule has 0 radical (unpaired) electrons. The number of amides is 3. The van der Waals surface area contributed by atoms with Gasteiger partial charge in [-0.3, -0.25) is 4.79 Å². The first-order valence-corrected chi connectivity index (χ1v) is 8.05. The van der Waals surface area contributed by atoms with Crippen LogP contribution < -0.4 is 10.1 Å². The van der Waals surface area contributed by atoms with Crippen molar-refractivity contribution in [2.24, 2.45) is 5.10 Å². The maximum Gasteiger partial charge on any atom is 0.346 e. The predicted molar refractivity (Wildman–Crippen MR) is 94.6 cm³/mol. The third kappa shape index (κ3) is 3.52. The molecule has 2 aromatic carbocycles. The summed E-state index contributed by atoms with van der Waals surface area (Å²) in [5, 5.41) is 7.57. The van der Waals surface area contributed by atoms with Gasteiger partial charge in [-0.2, -0.15) is 5.10 Å². The third-order valence-corrected chi connectivity index (χ3v) is 4.11. The van der Waals surface area contributed by atoms with Gasteiger partial charge in [-0.25, -0.2) is 4.79 Å². The fourth-order valence-corrected chi connectivity index (χ4v) is 2.42. The Hall–Kier alpha value is -3.15. The molecule has 0 aromatic heterocycles. The van der Waals surface area contributed by atoms with E-state index in [9.17, 15) is 9.59 Å². The molecule has 25 heavy (non-hydrogen) atoms. The largest absolute Gasteiger partial charge is 0.457 e. The number of carbonyl (C=O) groups excluding carboxylic acids is 2. The second-order valence-corrected chi connectivity index (χ2v) is 5.96. The highest BCUT2D eigenvalue weighted by molar-refractivity contribution is 6.07. The Morgan fingerprint density at radius 2 is 1.84 bits per heavy atom. The molecule has 1 aliphatic rings. The molecule has 0 saturated carbocycles. The topological polar surface area (TPSA) is 71.0 Å². The second kappa shape index (κ2) is 6.76. The van der Waals surface area contributed by atoms with Gasteiger partial charge in [-0.05, 0) is 43.2 Å². The number of nitrogens with one attached hydrogen (secondary N) is 1. The van der Waals surface area contributed by atoms with Crippen LogP contribution in [0.4, 0.5) is 4.79 Å². The molecule has 6 heteroatoms. The Kier molecular flexibility index (Phi) is 4.52. The Balaban J connectivity index is 1.75. The minimum absolute atomic E-state index is 0.354. The molecule has 0 aliphatic carbocycles. The maximum atomic E-state index is 12.3. The number of benzene rings is 2. The molecule has 0 bridgehead atoms. The first kappa shape index (κ1) is 16.7. The number of rotatable bonds is 5. The van der Waals surface area contributed by atoms with Gasteiger partial charge < -0.3 is 10.1 Å². The number of hydrogen-bond donors (Lipinski definition) is 1. The van der Waals surface area contributed by atoms with E-state index < -0.39 is 11.6 Å². The number of hydrogen-bond acceptors (Lipinski definition) is 4. The van der Waals surface area contributed by atoms with E-state index in [0.717, 1.165) is 16.3 Å². The van der Waals surface area contributed by atoms with E-state index in [2.05, 4.69) is 10.4 Å². The lowest BCUT2D eigenvalue weighted by Crippen LogP contribution is -2.42. The Labute approximate surface area is 146 Å². The van der Waals surface area contributed by atoms with Gasteiger partial charge >= 0.3 is 6.03 Å². The summed E-state index contributed by atoms with van der Waals surface area (Å²) in [6.07, 6.45) is 1.97. The SMILES string of the molecule is CCC1(C)NC(=O)N(/N=C/c2cccc(Oc3ccccc3)c2)C1=O. The molecule has 6 nitrogen and oxygen atoms in total. The maximum absolute atomic E-state index is 12.3. The van der Waals surface area contributed by atoms with Crippen molar-refractivity contribution in [3.8, 4) is 11.5 Å². The standard InChI is InChI=1S/C19H19N3O3/c1-3-19(2)17(23)22(18(24)21-19)20-13-14-8-7-11-16(12-14)25-15-9-5-4-6-10-15/h4-13H,3H2,1-2H3,(H,21,24)/b20-13+. The highest BCUT2D eigenvalue weighted by Gasteiger charge is 2.46. The predicted octanol–water partition coefficient (Wildman–Crippen LogP) is 3.53. The highest BCUT2D eigenvalue weighted by atomic mass is 16.5. The Morgan fingerprint density at radius 1 is 1.12 bits per heavy atom. The molecule has 1 atom stereocenters. The van der Waals surface area contributed by atoms with Crippen molar-refractivity contribution in [1.29, 1.82) is 0 Å². The fraction of sp³-hybridized carbons (Fsp3) is 0.211. The molecule has 1 unspecified atom stereocenters. The molecule has 1 N–H and O–H groups in total. The van der Waals surface area contributed by atoms with Gasteiger partial charge in [-0.1, -0.05) is 37.3 Å². The number of carbonyl (C=O) groups is 2. The van der Waals surface area contributed by atoms with Crippen LogP contribution in [0.3, 0.4) is 0 Å². The molecule has 0 spiro atoms. The van der Waals surface area contributed by atoms with Gasteiger partial charge in [0.15, 0.2) is 0 Å². The zero-order chi connectivity index (χ0) is 17.9. The number of para-hydroxylation sites is 1. The van der Waals surface area contributed by atoms with Crippen LogP contribution in [-0.2, 0) is 4.79 Å². The van der Waals surface area contributed by atoms with E-state index in [-0.39, 0.29) is 5.91 Å². The third-order valence-electron chi connectivity index (χ3n) is 4.11. The van der Waals surface area contributed by atoms with E-state index in [4.69, 9.17) is 4.74 Å². The average Bonchev–Trinajstić information content (AvgIpc) is 2.84. The molecule has 1 aliphatic heterocycles. The lowest BCUT2D eigenvalue weighted by atomic mass is 10.00. The van der Waals surface area contributed by atoms with Crippen LogP contribution in [0, 0.1) is 0 Å². The summed E-state index contributed by atoms with van der Waals surface area (Å²) < 4.78 is 5.76. The van der Waals surface area contributed by atoms with Crippen LogP contribution in [0.25, 0.3) is 0 Å². The molecule has 3 rings (SSSR count). The number of ether oxygens (including phenoxy) is 1. The van der Waals surface area contributed by atoms with Crippen molar-refractivity contribution in [2.75, 3.05) is 0 Å². The van der Waals surface area contributed by atoms with Crippen LogP contribution in [0.1, 0.15) is 25.8 Å². The first-order chi connectivity index (χ1) is 12.0. The molecule has 3 amide bonds. The molecular formula is C19H19N3O3. The first-order valence-electron chi connectivity index (χ1n) is 8.05. The summed E-state index contributed by atoms with van der Waals surface area (Å²) in [6.45, 7) is 3.53. The van der Waals surface area contributed by atoms with E-state index in [0.29, 0.717) is 12.2 Å². The summed E-state index contributed by atoms with van der Waals surface area (Å²) in [4.78, 5) is 24.2. The number of urea groups is 1. The van der Waals surface area contributed by atoms with Crippen molar-refractivity contribution in [1.82, 2.24) is 10.3 Å². The fourth-order valence-electron chi connectivity index (χ4n) is 2.42. The summed E-state index contributed by atoms with van der Waals surface area (Å²) >= 11 is 0.